The first-order valence-corrected chi connectivity index (χ1v) is 6.32. The van der Waals surface area contributed by atoms with Crippen LogP contribution >= 0.6 is 11.6 Å². The largest absolute Gasteiger partial charge is 0.431 e. The van der Waals surface area contributed by atoms with Crippen LogP contribution in [0.3, 0.4) is 0 Å². The predicted octanol–water partition coefficient (Wildman–Crippen LogP) is 3.54. The average molecular weight is 302 g/mol. The van der Waals surface area contributed by atoms with E-state index in [0.717, 1.165) is 0 Å². The summed E-state index contributed by atoms with van der Waals surface area (Å²) < 4.78 is 5.32. The van der Waals surface area contributed by atoms with Crippen molar-refractivity contribution >= 4 is 28.3 Å². The molecule has 3 rings (SSSR count). The minimum atomic E-state index is -0.586. The van der Waals surface area contributed by atoms with E-state index in [-0.39, 0.29) is 21.8 Å². The molecule has 0 saturated heterocycles. The van der Waals surface area contributed by atoms with E-state index in [2.05, 4.69) is 4.98 Å². The van der Waals surface area contributed by atoms with E-state index in [9.17, 15) is 10.1 Å². The molecule has 3 aromatic rings. The molecule has 0 fully saturated rings. The molecule has 6 nitrogen and oxygen atoms in total. The summed E-state index contributed by atoms with van der Waals surface area (Å²) in [5.74, 6) is 0. The van der Waals surface area contributed by atoms with Gasteiger partial charge in [-0.25, -0.2) is 0 Å². The number of nitrogens with one attached hydrogen (secondary N) is 1. The molecule has 2 heterocycles. The molecule has 0 unspecified atom stereocenters. The van der Waals surface area contributed by atoms with Crippen molar-refractivity contribution in [2.75, 3.05) is 0 Å². The van der Waals surface area contributed by atoms with Gasteiger partial charge < -0.3 is 4.42 Å². The Morgan fingerprint density at radius 1 is 1.29 bits per heavy atom. The highest BCUT2D eigenvalue weighted by molar-refractivity contribution is 6.31. The van der Waals surface area contributed by atoms with Crippen molar-refractivity contribution < 1.29 is 9.34 Å². The monoisotopic (exact) mass is 301 g/mol. The van der Waals surface area contributed by atoms with Gasteiger partial charge in [-0.3, -0.25) is 20.5 Å². The molecule has 0 spiro atoms. The topological polar surface area (TPSA) is 93.0 Å². The Labute approximate surface area is 123 Å². The summed E-state index contributed by atoms with van der Waals surface area (Å²) in [5, 5.41) is 19.6. The lowest BCUT2D eigenvalue weighted by Gasteiger charge is -2.04. The van der Waals surface area contributed by atoms with Crippen molar-refractivity contribution in [3.05, 3.63) is 63.3 Å². The summed E-state index contributed by atoms with van der Waals surface area (Å²) in [7, 11) is 0. The number of aromatic nitrogens is 1. The van der Waals surface area contributed by atoms with Gasteiger partial charge in [0.05, 0.1) is 16.2 Å². The molecule has 0 atom stereocenters. The molecule has 0 bridgehead atoms. The van der Waals surface area contributed by atoms with E-state index in [0.29, 0.717) is 16.6 Å². The highest BCUT2D eigenvalue weighted by Gasteiger charge is 2.18. The number of halogens is 1. The molecule has 7 heteroatoms. The van der Waals surface area contributed by atoms with Crippen LogP contribution in [0.15, 0.2) is 47.0 Å². The lowest BCUT2D eigenvalue weighted by atomic mass is 10.1. The van der Waals surface area contributed by atoms with Gasteiger partial charge in [0.1, 0.15) is 0 Å². The number of rotatable bonds is 2. The maximum atomic E-state index is 11.0. The van der Waals surface area contributed by atoms with Crippen LogP contribution in [0, 0.1) is 15.5 Å². The molecular weight excluding hydrogens is 294 g/mol. The Morgan fingerprint density at radius 2 is 2.10 bits per heavy atom. The van der Waals surface area contributed by atoms with Crippen LogP contribution in [-0.2, 0) is 0 Å². The van der Waals surface area contributed by atoms with Gasteiger partial charge >= 0.3 is 5.69 Å². The first-order chi connectivity index (χ1) is 10.1. The summed E-state index contributed by atoms with van der Waals surface area (Å²) in [4.78, 5) is 14.6. The van der Waals surface area contributed by atoms with Gasteiger partial charge in [-0.1, -0.05) is 17.7 Å². The summed E-state index contributed by atoms with van der Waals surface area (Å²) in [6, 6.07) is 9.64. The third-order valence-corrected chi connectivity index (χ3v) is 3.17. The number of pyridine rings is 1. The van der Waals surface area contributed by atoms with Crippen LogP contribution in [0.2, 0.25) is 5.02 Å². The number of nitro benzene ring substituents is 1. The van der Waals surface area contributed by atoms with Crippen molar-refractivity contribution in [3.63, 3.8) is 0 Å². The second kappa shape index (κ2) is 4.99. The molecule has 0 saturated carbocycles. The van der Waals surface area contributed by atoms with Gasteiger partial charge in [0, 0.05) is 22.7 Å². The Bertz CT molecular complexity index is 906. The molecule has 0 amide bonds. The molecular formula is C14H8ClN3O3. The summed E-state index contributed by atoms with van der Waals surface area (Å²) in [6.07, 6.45) is 1.60. The SMILES string of the molecule is N=c1oc2c([N+](=O)[O-])cc(Cl)cc2cc1-c1ccccn1. The van der Waals surface area contributed by atoms with Crippen molar-refractivity contribution in [2.45, 2.75) is 0 Å². The average Bonchev–Trinajstić information content (AvgIpc) is 2.47. The van der Waals surface area contributed by atoms with Crippen LogP contribution in [-0.4, -0.2) is 9.91 Å². The van der Waals surface area contributed by atoms with Crippen molar-refractivity contribution in [1.82, 2.24) is 4.98 Å². The normalized spacial score (nSPS) is 10.7. The quantitative estimate of drug-likeness (QED) is 0.578. The first kappa shape index (κ1) is 13.3. The molecule has 0 radical (unpaired) electrons. The molecule has 0 aliphatic heterocycles. The van der Waals surface area contributed by atoms with Gasteiger partial charge in [0.25, 0.3) is 0 Å². The summed E-state index contributed by atoms with van der Waals surface area (Å²) in [5.41, 5.74) is 0.565. The van der Waals surface area contributed by atoms with E-state index in [1.165, 1.54) is 6.07 Å². The van der Waals surface area contributed by atoms with Crippen LogP contribution in [0.25, 0.3) is 22.2 Å². The smallest absolute Gasteiger partial charge is 0.313 e. The number of fused-ring (bicyclic) bond motifs is 1. The molecule has 1 N–H and O–H groups in total. The van der Waals surface area contributed by atoms with Crippen molar-refractivity contribution in [3.8, 4) is 11.3 Å². The summed E-state index contributed by atoms with van der Waals surface area (Å²) in [6.45, 7) is 0. The molecule has 0 aliphatic rings. The fraction of sp³-hybridized carbons (Fsp3) is 0. The predicted molar refractivity (Wildman–Crippen MR) is 77.0 cm³/mol. The standard InChI is InChI=1S/C14H8ClN3O3/c15-9-5-8-6-10(11-3-1-2-4-17-11)14(16)21-13(8)12(7-9)18(19)20/h1-7,16H. The van der Waals surface area contributed by atoms with Gasteiger partial charge in [0.2, 0.25) is 11.1 Å². The van der Waals surface area contributed by atoms with Crippen molar-refractivity contribution in [1.29, 1.82) is 5.41 Å². The maximum absolute atomic E-state index is 11.0. The Hall–Kier alpha value is -2.73. The Kier molecular flexibility index (Phi) is 3.15. The van der Waals surface area contributed by atoms with E-state index in [1.54, 1.807) is 36.5 Å². The van der Waals surface area contributed by atoms with Gasteiger partial charge in [-0.2, -0.15) is 0 Å². The third-order valence-electron chi connectivity index (χ3n) is 2.95. The zero-order chi connectivity index (χ0) is 15.0. The van der Waals surface area contributed by atoms with Gasteiger partial charge in [-0.15, -0.1) is 0 Å². The van der Waals surface area contributed by atoms with Crippen LogP contribution in [0.5, 0.6) is 0 Å². The van der Waals surface area contributed by atoms with Crippen LogP contribution in [0.1, 0.15) is 0 Å². The summed E-state index contributed by atoms with van der Waals surface area (Å²) >= 11 is 5.90. The van der Waals surface area contributed by atoms with Crippen LogP contribution < -0.4 is 5.55 Å². The fourth-order valence-corrected chi connectivity index (χ4v) is 2.27. The molecule has 104 valence electrons. The van der Waals surface area contributed by atoms with Gasteiger partial charge in [0.15, 0.2) is 0 Å². The van der Waals surface area contributed by atoms with Crippen molar-refractivity contribution in [2.24, 2.45) is 0 Å². The Morgan fingerprint density at radius 3 is 2.76 bits per heavy atom. The van der Waals surface area contributed by atoms with E-state index in [1.807, 2.05) is 0 Å². The molecule has 0 aliphatic carbocycles. The number of nitro groups is 1. The third kappa shape index (κ3) is 2.36. The minimum absolute atomic E-state index is 0.0223. The number of hydrogen-bond donors (Lipinski definition) is 1. The van der Waals surface area contributed by atoms with E-state index >= 15 is 0 Å². The fourth-order valence-electron chi connectivity index (χ4n) is 2.04. The number of nitrogens with zero attached hydrogens (tertiary/aromatic N) is 2. The lowest BCUT2D eigenvalue weighted by molar-refractivity contribution is -0.383. The maximum Gasteiger partial charge on any atom is 0.313 e. The second-order valence-corrected chi connectivity index (χ2v) is 4.74. The number of non-ortho nitro benzene ring substituents is 1. The van der Waals surface area contributed by atoms with Gasteiger partial charge in [-0.05, 0) is 24.3 Å². The lowest BCUT2D eigenvalue weighted by Crippen LogP contribution is -2.05. The van der Waals surface area contributed by atoms with Crippen LogP contribution in [0.4, 0.5) is 5.69 Å². The highest BCUT2D eigenvalue weighted by atomic mass is 35.5. The molecule has 21 heavy (non-hydrogen) atoms. The van der Waals surface area contributed by atoms with E-state index < -0.39 is 4.92 Å². The highest BCUT2D eigenvalue weighted by Crippen LogP contribution is 2.30. The van der Waals surface area contributed by atoms with E-state index in [4.69, 9.17) is 21.4 Å². The number of benzene rings is 1. The molecule has 2 aromatic heterocycles. The molecule has 1 aromatic carbocycles. The zero-order valence-corrected chi connectivity index (χ0v) is 11.3. The number of hydrogen-bond acceptors (Lipinski definition) is 5. The first-order valence-electron chi connectivity index (χ1n) is 5.94. The minimum Gasteiger partial charge on any atom is -0.431 e. The Balaban J connectivity index is 2.35. The second-order valence-electron chi connectivity index (χ2n) is 4.30. The zero-order valence-electron chi connectivity index (χ0n) is 10.5.